The SMILES string of the molecule is Cc1nn(Cc2ccccc2)c2sc(C(=O)NCc3cccc(C#N)c3)cc12. The van der Waals surface area contributed by atoms with Gasteiger partial charge in [0.25, 0.3) is 5.91 Å². The fraction of sp³-hybridized carbons (Fsp3) is 0.136. The molecule has 0 radical (unpaired) electrons. The molecule has 0 unspecified atom stereocenters. The van der Waals surface area contributed by atoms with Gasteiger partial charge in [0.2, 0.25) is 0 Å². The Kier molecular flexibility index (Phi) is 4.92. The van der Waals surface area contributed by atoms with Crippen LogP contribution in [0.25, 0.3) is 10.2 Å². The van der Waals surface area contributed by atoms with Gasteiger partial charge in [0.15, 0.2) is 0 Å². The minimum atomic E-state index is -0.116. The molecule has 0 atom stereocenters. The van der Waals surface area contributed by atoms with E-state index < -0.39 is 0 Å². The maximum atomic E-state index is 12.6. The summed E-state index contributed by atoms with van der Waals surface area (Å²) in [5, 5.41) is 17.6. The lowest BCUT2D eigenvalue weighted by atomic mass is 10.1. The molecule has 0 bridgehead atoms. The number of nitriles is 1. The predicted octanol–water partition coefficient (Wildman–Crippen LogP) is 4.26. The van der Waals surface area contributed by atoms with E-state index in [-0.39, 0.29) is 5.91 Å². The third kappa shape index (κ3) is 3.66. The number of hydrogen-bond acceptors (Lipinski definition) is 4. The van der Waals surface area contributed by atoms with Crippen LogP contribution in [0.2, 0.25) is 0 Å². The van der Waals surface area contributed by atoms with Crippen LogP contribution in [0.3, 0.4) is 0 Å². The number of fused-ring (bicyclic) bond motifs is 1. The molecule has 0 saturated carbocycles. The van der Waals surface area contributed by atoms with Crippen molar-refractivity contribution in [3.05, 3.63) is 87.9 Å². The Bertz CT molecular complexity index is 1180. The van der Waals surface area contributed by atoms with Gasteiger partial charge in [0.05, 0.1) is 28.7 Å². The van der Waals surface area contributed by atoms with Crippen LogP contribution in [0.4, 0.5) is 0 Å². The number of nitrogens with zero attached hydrogens (tertiary/aromatic N) is 3. The van der Waals surface area contributed by atoms with Crippen LogP contribution in [0, 0.1) is 18.3 Å². The van der Waals surface area contributed by atoms with Crippen molar-refractivity contribution in [1.82, 2.24) is 15.1 Å². The maximum Gasteiger partial charge on any atom is 0.261 e. The normalized spacial score (nSPS) is 10.7. The summed E-state index contributed by atoms with van der Waals surface area (Å²) in [7, 11) is 0. The predicted molar refractivity (Wildman–Crippen MR) is 110 cm³/mol. The Labute approximate surface area is 166 Å². The number of benzene rings is 2. The molecule has 28 heavy (non-hydrogen) atoms. The van der Waals surface area contributed by atoms with E-state index in [1.165, 1.54) is 16.9 Å². The summed E-state index contributed by atoms with van der Waals surface area (Å²) in [5.74, 6) is -0.116. The smallest absolute Gasteiger partial charge is 0.261 e. The molecule has 0 spiro atoms. The van der Waals surface area contributed by atoms with Crippen molar-refractivity contribution < 1.29 is 4.79 Å². The summed E-state index contributed by atoms with van der Waals surface area (Å²) in [6, 6.07) is 21.4. The molecule has 6 heteroatoms. The zero-order valence-corrected chi connectivity index (χ0v) is 16.2. The van der Waals surface area contributed by atoms with E-state index in [1.54, 1.807) is 12.1 Å². The number of thiophene rings is 1. The topological polar surface area (TPSA) is 70.7 Å². The Hall–Kier alpha value is -3.43. The van der Waals surface area contributed by atoms with Gasteiger partial charge in [-0.2, -0.15) is 10.4 Å². The summed E-state index contributed by atoms with van der Waals surface area (Å²) < 4.78 is 1.96. The van der Waals surface area contributed by atoms with E-state index >= 15 is 0 Å². The van der Waals surface area contributed by atoms with E-state index in [0.29, 0.717) is 23.5 Å². The number of carbonyl (C=O) groups excluding carboxylic acids is 1. The van der Waals surface area contributed by atoms with Gasteiger partial charge in [-0.25, -0.2) is 0 Å². The summed E-state index contributed by atoms with van der Waals surface area (Å²) in [5.41, 5.74) is 3.58. The second-order valence-corrected chi connectivity index (χ2v) is 7.58. The molecule has 2 heterocycles. The van der Waals surface area contributed by atoms with Gasteiger partial charge in [-0.1, -0.05) is 42.5 Å². The van der Waals surface area contributed by atoms with Gasteiger partial charge in [-0.3, -0.25) is 9.48 Å². The molecule has 2 aromatic carbocycles. The fourth-order valence-corrected chi connectivity index (χ4v) is 4.19. The monoisotopic (exact) mass is 386 g/mol. The molecule has 4 rings (SSSR count). The second kappa shape index (κ2) is 7.67. The van der Waals surface area contributed by atoms with Gasteiger partial charge in [0.1, 0.15) is 4.83 Å². The van der Waals surface area contributed by atoms with E-state index in [0.717, 1.165) is 21.5 Å². The van der Waals surface area contributed by atoms with Crippen LogP contribution >= 0.6 is 11.3 Å². The van der Waals surface area contributed by atoms with Crippen LogP contribution in [0.1, 0.15) is 32.1 Å². The van der Waals surface area contributed by atoms with Gasteiger partial charge in [-0.05, 0) is 36.2 Å². The third-order valence-electron chi connectivity index (χ3n) is 4.52. The van der Waals surface area contributed by atoms with E-state index in [2.05, 4.69) is 28.6 Å². The van der Waals surface area contributed by atoms with Crippen LogP contribution in [0.15, 0.2) is 60.7 Å². The molecule has 1 amide bonds. The first-order valence-corrected chi connectivity index (χ1v) is 9.74. The number of amides is 1. The molecule has 0 fully saturated rings. The zero-order valence-electron chi connectivity index (χ0n) is 15.3. The molecule has 2 aromatic heterocycles. The molecule has 5 nitrogen and oxygen atoms in total. The Morgan fingerprint density at radius 3 is 2.71 bits per heavy atom. The van der Waals surface area contributed by atoms with Crippen molar-refractivity contribution in [2.24, 2.45) is 0 Å². The summed E-state index contributed by atoms with van der Waals surface area (Å²) in [4.78, 5) is 14.3. The number of hydrogen-bond donors (Lipinski definition) is 1. The Morgan fingerprint density at radius 1 is 1.14 bits per heavy atom. The van der Waals surface area contributed by atoms with Gasteiger partial charge in [-0.15, -0.1) is 11.3 Å². The number of nitrogens with one attached hydrogen (secondary N) is 1. The molecule has 0 aliphatic carbocycles. The quantitative estimate of drug-likeness (QED) is 0.557. The fourth-order valence-electron chi connectivity index (χ4n) is 3.11. The van der Waals surface area contributed by atoms with Crippen LogP contribution in [0.5, 0.6) is 0 Å². The van der Waals surface area contributed by atoms with Crippen molar-refractivity contribution in [3.8, 4) is 6.07 Å². The number of aryl methyl sites for hydroxylation is 1. The number of carbonyl (C=O) groups is 1. The highest BCUT2D eigenvalue weighted by Crippen LogP contribution is 2.29. The first-order chi connectivity index (χ1) is 13.6. The summed E-state index contributed by atoms with van der Waals surface area (Å²) >= 11 is 1.45. The highest BCUT2D eigenvalue weighted by atomic mass is 32.1. The van der Waals surface area contributed by atoms with Gasteiger partial charge >= 0.3 is 0 Å². The zero-order chi connectivity index (χ0) is 19.5. The van der Waals surface area contributed by atoms with E-state index in [1.807, 2.05) is 48.0 Å². The first kappa shape index (κ1) is 18.0. The number of rotatable bonds is 5. The molecule has 1 N–H and O–H groups in total. The standard InChI is InChI=1S/C22H18N4OS/c1-15-19-11-20(21(27)24-13-18-9-5-8-17(10-18)12-23)28-22(19)26(25-15)14-16-6-3-2-4-7-16/h2-11H,13-14H2,1H3,(H,24,27). The van der Waals surface area contributed by atoms with Crippen molar-refractivity contribution >= 4 is 27.5 Å². The van der Waals surface area contributed by atoms with E-state index in [9.17, 15) is 4.79 Å². The summed E-state index contributed by atoms with van der Waals surface area (Å²) in [6.07, 6.45) is 0. The van der Waals surface area contributed by atoms with Crippen LogP contribution < -0.4 is 5.32 Å². The van der Waals surface area contributed by atoms with Crippen molar-refractivity contribution in [2.45, 2.75) is 20.0 Å². The minimum Gasteiger partial charge on any atom is -0.347 e. The first-order valence-electron chi connectivity index (χ1n) is 8.92. The molecular formula is C22H18N4OS. The molecule has 138 valence electrons. The highest BCUT2D eigenvalue weighted by molar-refractivity contribution is 7.20. The lowest BCUT2D eigenvalue weighted by Gasteiger charge is -2.04. The Balaban J connectivity index is 1.53. The third-order valence-corrected chi connectivity index (χ3v) is 5.66. The lowest BCUT2D eigenvalue weighted by molar-refractivity contribution is 0.0955. The van der Waals surface area contributed by atoms with Crippen molar-refractivity contribution in [2.75, 3.05) is 0 Å². The second-order valence-electron chi connectivity index (χ2n) is 6.55. The average Bonchev–Trinajstić information content (AvgIpc) is 3.29. The van der Waals surface area contributed by atoms with Gasteiger partial charge in [0, 0.05) is 11.9 Å². The minimum absolute atomic E-state index is 0.116. The lowest BCUT2D eigenvalue weighted by Crippen LogP contribution is -2.21. The van der Waals surface area contributed by atoms with Gasteiger partial charge < -0.3 is 5.32 Å². The highest BCUT2D eigenvalue weighted by Gasteiger charge is 2.16. The van der Waals surface area contributed by atoms with Crippen LogP contribution in [-0.2, 0) is 13.1 Å². The van der Waals surface area contributed by atoms with Crippen molar-refractivity contribution in [1.29, 1.82) is 5.26 Å². The molecule has 4 aromatic rings. The average molecular weight is 386 g/mol. The molecule has 0 saturated heterocycles. The van der Waals surface area contributed by atoms with Crippen molar-refractivity contribution in [3.63, 3.8) is 0 Å². The largest absolute Gasteiger partial charge is 0.347 e. The molecule has 0 aliphatic rings. The Morgan fingerprint density at radius 2 is 1.93 bits per heavy atom. The molecular weight excluding hydrogens is 368 g/mol. The number of aromatic nitrogens is 2. The van der Waals surface area contributed by atoms with E-state index in [4.69, 9.17) is 5.26 Å². The molecule has 0 aliphatic heterocycles. The maximum absolute atomic E-state index is 12.6. The summed E-state index contributed by atoms with van der Waals surface area (Å²) in [6.45, 7) is 3.02. The van der Waals surface area contributed by atoms with Crippen LogP contribution in [-0.4, -0.2) is 15.7 Å².